The molecule has 5 atom stereocenters. The first-order chi connectivity index (χ1) is 7.73. The van der Waals surface area contributed by atoms with Crippen molar-refractivity contribution in [3.63, 3.8) is 0 Å². The van der Waals surface area contributed by atoms with Crippen molar-refractivity contribution in [2.75, 3.05) is 0 Å². The van der Waals surface area contributed by atoms with Crippen molar-refractivity contribution in [3.8, 4) is 0 Å². The first kappa shape index (κ1) is 15.9. The second kappa shape index (κ2) is 5.09. The number of carboxylic acid groups (broad SMARTS) is 2. The predicted molar refractivity (Wildman–Crippen MR) is 51.2 cm³/mol. The Kier molecular flexibility index (Phi) is 4.49. The molecule has 2 aliphatic rings. The Hall–Kier alpha value is -0.150. The second-order valence-corrected chi connectivity index (χ2v) is 6.29. The number of carboxylic acids is 2. The summed E-state index contributed by atoms with van der Waals surface area (Å²) in [4.78, 5) is 21.9. The monoisotopic (exact) mass is 286 g/mol. The molecule has 0 amide bonds. The summed E-state index contributed by atoms with van der Waals surface area (Å²) in [6, 6.07) is 0. The van der Waals surface area contributed by atoms with Crippen molar-refractivity contribution in [2.45, 2.75) is 18.1 Å². The molecule has 0 saturated heterocycles. The van der Waals surface area contributed by atoms with Crippen molar-refractivity contribution in [1.29, 1.82) is 0 Å². The van der Waals surface area contributed by atoms with Crippen molar-refractivity contribution in [2.24, 2.45) is 23.7 Å². The van der Waals surface area contributed by atoms with Crippen LogP contribution < -0.4 is 34.7 Å². The van der Waals surface area contributed by atoms with E-state index in [9.17, 15) is 23.1 Å². The van der Waals surface area contributed by atoms with E-state index in [1.807, 2.05) is 0 Å². The van der Waals surface area contributed by atoms with Gasteiger partial charge in [-0.2, -0.15) is 8.42 Å². The smallest absolute Gasteiger partial charge is 0.550 e. The van der Waals surface area contributed by atoms with E-state index in [4.69, 9.17) is 9.66 Å². The molecule has 0 aromatic rings. The Morgan fingerprint density at radius 1 is 1.17 bits per heavy atom. The number of aliphatic carboxylic acids is 2. The Labute approximate surface area is 126 Å². The maximum absolute atomic E-state index is 11.1. The fourth-order valence-corrected chi connectivity index (χ4v) is 4.53. The normalized spacial score (nSPS) is 38.2. The van der Waals surface area contributed by atoms with Crippen molar-refractivity contribution < 1.29 is 62.3 Å². The van der Waals surface area contributed by atoms with Crippen LogP contribution in [0, 0.1) is 23.7 Å². The second-order valence-electron chi connectivity index (χ2n) is 4.66. The molecule has 2 N–H and O–H groups in total. The Bertz CT molecular complexity index is 473. The third-order valence-corrected chi connectivity index (χ3v) is 5.19. The van der Waals surface area contributed by atoms with Crippen LogP contribution in [0.1, 0.15) is 12.8 Å². The first-order valence-corrected chi connectivity index (χ1v) is 6.63. The van der Waals surface area contributed by atoms with E-state index in [-0.39, 0.29) is 42.4 Å². The zero-order valence-electron chi connectivity index (χ0n) is 9.64. The van der Waals surface area contributed by atoms with Gasteiger partial charge in [-0.1, -0.05) is 0 Å². The topological polar surface area (TPSA) is 132 Å². The standard InChI is InChI=1S/C9H12O7S.Na/c10-8(11)6-3-1-4(7(6)9(12)13)5(2-3)17(14,15)16;/h3-7H,1-2H2,(H,10,11)(H,12,13)(H,14,15,16);/q;+1/p-1. The van der Waals surface area contributed by atoms with Crippen LogP contribution in [0.5, 0.6) is 0 Å². The minimum absolute atomic E-state index is 0. The van der Waals surface area contributed by atoms with Crippen LogP contribution in [0.4, 0.5) is 0 Å². The van der Waals surface area contributed by atoms with Gasteiger partial charge in [0.05, 0.1) is 11.2 Å². The van der Waals surface area contributed by atoms with E-state index < -0.39 is 51.0 Å². The fraction of sp³-hybridized carbons (Fsp3) is 0.778. The Morgan fingerprint density at radius 3 is 2.11 bits per heavy atom. The van der Waals surface area contributed by atoms with Gasteiger partial charge >= 0.3 is 35.5 Å². The Morgan fingerprint density at radius 2 is 1.72 bits per heavy atom. The van der Waals surface area contributed by atoms with Crippen LogP contribution in [0.25, 0.3) is 0 Å². The van der Waals surface area contributed by atoms with Crippen LogP contribution in [-0.2, 0) is 19.7 Å². The predicted octanol–water partition coefficient (Wildman–Crippen LogP) is -4.65. The van der Waals surface area contributed by atoms with Crippen molar-refractivity contribution >= 4 is 22.1 Å². The quantitative estimate of drug-likeness (QED) is 0.394. The van der Waals surface area contributed by atoms with E-state index in [1.54, 1.807) is 0 Å². The van der Waals surface area contributed by atoms with Gasteiger partial charge in [-0.25, -0.2) is 0 Å². The van der Waals surface area contributed by atoms with Gasteiger partial charge in [0.2, 0.25) is 0 Å². The number of fused-ring (bicyclic) bond motifs is 2. The van der Waals surface area contributed by atoms with Gasteiger partial charge in [-0.15, -0.1) is 0 Å². The molecule has 96 valence electrons. The molecule has 0 aromatic carbocycles. The molecule has 0 radical (unpaired) electrons. The maximum atomic E-state index is 11.1. The summed E-state index contributed by atoms with van der Waals surface area (Å²) in [6.07, 6.45) is 0.187. The maximum Gasteiger partial charge on any atom is 1.00 e. The molecule has 2 rings (SSSR count). The van der Waals surface area contributed by atoms with Crippen LogP contribution in [-0.4, -0.2) is 35.3 Å². The van der Waals surface area contributed by atoms with Crippen LogP contribution in [0.3, 0.4) is 0 Å². The first-order valence-electron chi connectivity index (χ1n) is 5.13. The zero-order valence-corrected chi connectivity index (χ0v) is 12.5. The molecule has 9 heteroatoms. The molecule has 5 unspecified atom stereocenters. The average Bonchev–Trinajstić information content (AvgIpc) is 2.71. The molecule has 2 fully saturated rings. The molecule has 0 aliphatic heterocycles. The summed E-state index contributed by atoms with van der Waals surface area (Å²) in [5.41, 5.74) is 0. The van der Waals surface area contributed by atoms with E-state index in [2.05, 4.69) is 0 Å². The summed E-state index contributed by atoms with van der Waals surface area (Å²) in [6.45, 7) is 0. The average molecular weight is 286 g/mol. The van der Waals surface area contributed by atoms with Gasteiger partial charge in [0.1, 0.15) is 0 Å². The molecule has 0 aromatic heterocycles. The molecular weight excluding hydrogens is 275 g/mol. The number of hydrogen-bond donors (Lipinski definition) is 2. The molecule has 18 heavy (non-hydrogen) atoms. The number of rotatable bonds is 3. The van der Waals surface area contributed by atoms with Gasteiger partial charge < -0.3 is 15.0 Å². The molecule has 2 bridgehead atoms. The van der Waals surface area contributed by atoms with E-state index in [1.165, 1.54) is 0 Å². The van der Waals surface area contributed by atoms with E-state index in [0.717, 1.165) is 0 Å². The number of carbonyl (C=O) groups excluding carboxylic acids is 1. The Balaban J connectivity index is 0.00000162. The minimum Gasteiger partial charge on any atom is -0.550 e. The summed E-state index contributed by atoms with van der Waals surface area (Å²) >= 11 is 0. The molecule has 2 saturated carbocycles. The summed E-state index contributed by atoms with van der Waals surface area (Å²) in [5, 5.41) is 18.7. The summed E-state index contributed by atoms with van der Waals surface area (Å²) in [7, 11) is -4.33. The van der Waals surface area contributed by atoms with Crippen molar-refractivity contribution in [1.82, 2.24) is 0 Å². The SMILES string of the molecule is O=C([O-])C1C2CC(C1C(=O)O)C(S(=O)(=O)O)C2.[Na+]. The van der Waals surface area contributed by atoms with E-state index >= 15 is 0 Å². The molecular formula is C9H11NaO7S. The molecule has 2 aliphatic carbocycles. The molecule has 0 heterocycles. The van der Waals surface area contributed by atoms with Gasteiger partial charge in [-0.05, 0) is 24.7 Å². The fourth-order valence-electron chi connectivity index (χ4n) is 3.32. The van der Waals surface area contributed by atoms with Gasteiger partial charge in [0.15, 0.2) is 0 Å². The van der Waals surface area contributed by atoms with Gasteiger partial charge in [0.25, 0.3) is 10.1 Å². The number of hydrogen-bond acceptors (Lipinski definition) is 5. The van der Waals surface area contributed by atoms with E-state index in [0.29, 0.717) is 0 Å². The van der Waals surface area contributed by atoms with Crippen LogP contribution >= 0.6 is 0 Å². The summed E-state index contributed by atoms with van der Waals surface area (Å²) < 4.78 is 31.1. The third kappa shape index (κ3) is 2.44. The minimum atomic E-state index is -4.33. The summed E-state index contributed by atoms with van der Waals surface area (Å²) in [5.74, 6) is -6.63. The van der Waals surface area contributed by atoms with Gasteiger partial charge in [0, 0.05) is 11.9 Å². The van der Waals surface area contributed by atoms with Crippen molar-refractivity contribution in [3.05, 3.63) is 0 Å². The largest absolute Gasteiger partial charge is 1.00 e. The zero-order chi connectivity index (χ0) is 13.0. The van der Waals surface area contributed by atoms with Gasteiger partial charge in [-0.3, -0.25) is 9.35 Å². The number of carbonyl (C=O) groups is 2. The third-order valence-electron chi connectivity index (χ3n) is 3.88. The molecule has 7 nitrogen and oxygen atoms in total. The molecule has 0 spiro atoms. The van der Waals surface area contributed by atoms with Crippen LogP contribution in [0.15, 0.2) is 0 Å². The van der Waals surface area contributed by atoms with Crippen LogP contribution in [0.2, 0.25) is 0 Å².